The lowest BCUT2D eigenvalue weighted by Gasteiger charge is -2.26. The normalized spacial score (nSPS) is 18.0. The minimum Gasteiger partial charge on any atom is -0.398 e. The highest BCUT2D eigenvalue weighted by Crippen LogP contribution is 2.43. The van der Waals surface area contributed by atoms with Gasteiger partial charge in [0.15, 0.2) is 5.82 Å². The Morgan fingerprint density at radius 3 is 2.47 bits per heavy atom. The van der Waals surface area contributed by atoms with E-state index < -0.39 is 11.7 Å². The van der Waals surface area contributed by atoms with Gasteiger partial charge in [-0.1, -0.05) is 6.92 Å². The topological polar surface area (TPSA) is 93.1 Å². The Labute approximate surface area is 198 Å². The van der Waals surface area contributed by atoms with Gasteiger partial charge in [-0.3, -0.25) is 0 Å². The van der Waals surface area contributed by atoms with Crippen molar-refractivity contribution in [2.75, 3.05) is 36.0 Å². The van der Waals surface area contributed by atoms with Crippen molar-refractivity contribution in [3.05, 3.63) is 29.0 Å². The van der Waals surface area contributed by atoms with Crippen molar-refractivity contribution < 1.29 is 13.2 Å². The molecule has 0 amide bonds. The molecule has 0 saturated carbocycles. The summed E-state index contributed by atoms with van der Waals surface area (Å²) in [5.74, 6) is 0.750. The van der Waals surface area contributed by atoms with E-state index in [2.05, 4.69) is 27.1 Å². The van der Waals surface area contributed by atoms with Crippen molar-refractivity contribution in [2.45, 2.75) is 51.2 Å². The number of nitrogens with two attached hydrogens (primary N) is 2. The monoisotopic (exact) mass is 492 g/mol. The van der Waals surface area contributed by atoms with Crippen molar-refractivity contribution in [3.63, 3.8) is 0 Å². The van der Waals surface area contributed by atoms with Gasteiger partial charge in [0.25, 0.3) is 0 Å². The number of nitrogens with zero attached hydrogens (tertiary/aromatic N) is 3. The predicted octanol–water partition coefficient (Wildman–Crippen LogP) is 4.24. The summed E-state index contributed by atoms with van der Waals surface area (Å²) < 4.78 is 41.5. The molecule has 6 nitrogen and oxygen atoms in total. The summed E-state index contributed by atoms with van der Waals surface area (Å²) in [6, 6.07) is 2.91. The van der Waals surface area contributed by atoms with E-state index in [1.54, 1.807) is 0 Å². The molecular weight excluding hydrogens is 464 g/mol. The van der Waals surface area contributed by atoms with Crippen LogP contribution < -0.4 is 21.7 Å². The number of aromatic nitrogens is 2. The van der Waals surface area contributed by atoms with Crippen LogP contribution in [0.3, 0.4) is 0 Å². The molecule has 0 radical (unpaired) electrons. The average molecular weight is 493 g/mol. The minimum absolute atomic E-state index is 0. The first-order chi connectivity index (χ1) is 14.3. The van der Waals surface area contributed by atoms with E-state index in [0.29, 0.717) is 6.04 Å². The van der Waals surface area contributed by atoms with E-state index in [4.69, 9.17) is 11.5 Å². The van der Waals surface area contributed by atoms with Gasteiger partial charge in [0.2, 0.25) is 0 Å². The molecule has 2 heterocycles. The number of benzene rings is 1. The number of nitrogens with one attached hydrogen (secondary N) is 1. The SMILES string of the molecule is CCNC1CCN(c2nc(-c3c(N)ccc(N)c3C(F)(F)F)nc3c2CCCC3)C1.Cl.Cl. The summed E-state index contributed by atoms with van der Waals surface area (Å²) in [6.07, 6.45) is -0.130. The molecule has 1 atom stereocenters. The molecule has 1 aliphatic heterocycles. The summed E-state index contributed by atoms with van der Waals surface area (Å²) in [6.45, 7) is 4.52. The quantitative estimate of drug-likeness (QED) is 0.552. The van der Waals surface area contributed by atoms with Gasteiger partial charge in [-0.05, 0) is 50.8 Å². The molecule has 0 spiro atoms. The number of hydrogen-bond acceptors (Lipinski definition) is 6. The van der Waals surface area contributed by atoms with E-state index in [-0.39, 0.29) is 47.6 Å². The number of hydrogen-bond donors (Lipinski definition) is 3. The van der Waals surface area contributed by atoms with Crippen LogP contribution in [0.25, 0.3) is 11.4 Å². The van der Waals surface area contributed by atoms with E-state index in [1.165, 1.54) is 12.1 Å². The first-order valence-electron chi connectivity index (χ1n) is 10.4. The Balaban J connectivity index is 0.00000181. The fourth-order valence-corrected chi connectivity index (χ4v) is 4.54. The third kappa shape index (κ3) is 5.00. The van der Waals surface area contributed by atoms with E-state index >= 15 is 0 Å². The van der Waals surface area contributed by atoms with Gasteiger partial charge in [-0.25, -0.2) is 9.97 Å². The van der Waals surface area contributed by atoms with Gasteiger partial charge in [-0.2, -0.15) is 13.2 Å². The zero-order valence-corrected chi connectivity index (χ0v) is 19.5. The lowest BCUT2D eigenvalue weighted by atomic mass is 9.95. The van der Waals surface area contributed by atoms with Gasteiger partial charge < -0.3 is 21.7 Å². The molecule has 1 aromatic heterocycles. The smallest absolute Gasteiger partial charge is 0.398 e. The number of aryl methyl sites for hydroxylation is 1. The van der Waals surface area contributed by atoms with E-state index in [0.717, 1.165) is 68.8 Å². The second kappa shape index (κ2) is 10.3. The number of nitrogen functional groups attached to an aromatic ring is 2. The van der Waals surface area contributed by atoms with Gasteiger partial charge in [0.1, 0.15) is 5.82 Å². The Morgan fingerprint density at radius 1 is 1.09 bits per heavy atom. The van der Waals surface area contributed by atoms with Gasteiger partial charge >= 0.3 is 6.18 Å². The Hall–Kier alpha value is -1.97. The molecule has 2 aromatic rings. The van der Waals surface area contributed by atoms with Crippen LogP contribution in [0.5, 0.6) is 0 Å². The summed E-state index contributed by atoms with van der Waals surface area (Å²) in [5, 5.41) is 3.45. The van der Waals surface area contributed by atoms with Crippen LogP contribution in [0.1, 0.15) is 43.0 Å². The van der Waals surface area contributed by atoms with Gasteiger partial charge in [0, 0.05) is 41.8 Å². The largest absolute Gasteiger partial charge is 0.419 e. The standard InChI is InChI=1S/C21H27F3N6.2ClH/c1-2-27-12-9-10-30(11-12)20-13-5-3-4-6-16(13)28-19(29-20)17-14(25)7-8-15(26)18(17)21(22,23)24;;/h7-8,12,27H,2-6,9-11,25-26H2,1H3;2*1H. The van der Waals surface area contributed by atoms with E-state index in [9.17, 15) is 13.2 Å². The number of likely N-dealkylation sites (N-methyl/N-ethyl adjacent to an activating group) is 1. The van der Waals surface area contributed by atoms with Crippen LogP contribution in [-0.4, -0.2) is 35.6 Å². The second-order valence-electron chi connectivity index (χ2n) is 7.98. The van der Waals surface area contributed by atoms with Gasteiger partial charge in [-0.15, -0.1) is 24.8 Å². The third-order valence-electron chi connectivity index (χ3n) is 5.92. The number of rotatable bonds is 4. The van der Waals surface area contributed by atoms with E-state index in [1.807, 2.05) is 0 Å². The maximum atomic E-state index is 13.8. The van der Waals surface area contributed by atoms with Crippen LogP contribution in [0.15, 0.2) is 12.1 Å². The molecule has 178 valence electrons. The number of alkyl halides is 3. The van der Waals surface area contributed by atoms with Crippen molar-refractivity contribution in [1.29, 1.82) is 0 Å². The molecule has 4 rings (SSSR count). The van der Waals surface area contributed by atoms with Crippen LogP contribution in [-0.2, 0) is 19.0 Å². The first kappa shape index (κ1) is 26.3. The highest BCUT2D eigenvalue weighted by Gasteiger charge is 2.38. The minimum atomic E-state index is -4.65. The van der Waals surface area contributed by atoms with Crippen molar-refractivity contribution in [1.82, 2.24) is 15.3 Å². The molecular formula is C21H29Cl2F3N6. The third-order valence-corrected chi connectivity index (χ3v) is 5.92. The summed E-state index contributed by atoms with van der Waals surface area (Å²) in [4.78, 5) is 11.4. The average Bonchev–Trinajstić information content (AvgIpc) is 3.16. The first-order valence-corrected chi connectivity index (χ1v) is 10.4. The second-order valence-corrected chi connectivity index (χ2v) is 7.98. The molecule has 1 aliphatic carbocycles. The maximum absolute atomic E-state index is 13.8. The molecule has 1 fully saturated rings. The number of halogens is 5. The highest BCUT2D eigenvalue weighted by atomic mass is 35.5. The molecule has 1 aromatic carbocycles. The molecule has 5 N–H and O–H groups in total. The van der Waals surface area contributed by atoms with Crippen molar-refractivity contribution in [2.24, 2.45) is 0 Å². The van der Waals surface area contributed by atoms with Crippen LogP contribution in [0.4, 0.5) is 30.4 Å². The lowest BCUT2D eigenvalue weighted by Crippen LogP contribution is -2.33. The summed E-state index contributed by atoms with van der Waals surface area (Å²) >= 11 is 0. The lowest BCUT2D eigenvalue weighted by molar-refractivity contribution is -0.136. The fraction of sp³-hybridized carbons (Fsp3) is 0.524. The molecule has 1 saturated heterocycles. The molecule has 11 heteroatoms. The Kier molecular flexibility index (Phi) is 8.47. The summed E-state index contributed by atoms with van der Waals surface area (Å²) in [5.41, 5.74) is 12.0. The summed E-state index contributed by atoms with van der Waals surface area (Å²) in [7, 11) is 0. The van der Waals surface area contributed by atoms with Crippen LogP contribution in [0, 0.1) is 0 Å². The molecule has 0 bridgehead atoms. The highest BCUT2D eigenvalue weighted by molar-refractivity contribution is 5.85. The zero-order valence-electron chi connectivity index (χ0n) is 17.8. The Morgan fingerprint density at radius 2 is 1.78 bits per heavy atom. The zero-order chi connectivity index (χ0) is 21.5. The molecule has 2 aliphatic rings. The van der Waals surface area contributed by atoms with Gasteiger partial charge in [0.05, 0.1) is 11.1 Å². The Bertz CT molecular complexity index is 954. The fourth-order valence-electron chi connectivity index (χ4n) is 4.54. The maximum Gasteiger partial charge on any atom is 0.419 e. The molecule has 1 unspecified atom stereocenters. The van der Waals surface area contributed by atoms with Crippen molar-refractivity contribution in [3.8, 4) is 11.4 Å². The van der Waals surface area contributed by atoms with Crippen LogP contribution >= 0.6 is 24.8 Å². The predicted molar refractivity (Wildman–Crippen MR) is 127 cm³/mol. The van der Waals surface area contributed by atoms with Crippen LogP contribution in [0.2, 0.25) is 0 Å². The molecule has 32 heavy (non-hydrogen) atoms. The van der Waals surface area contributed by atoms with Crippen molar-refractivity contribution >= 4 is 42.0 Å². The number of anilines is 3. The number of fused-ring (bicyclic) bond motifs is 1.